The van der Waals surface area contributed by atoms with Crippen molar-refractivity contribution in [3.8, 4) is 17.0 Å². The normalized spacial score (nSPS) is 11.0. The van der Waals surface area contributed by atoms with Crippen LogP contribution in [0, 0.1) is 6.92 Å². The summed E-state index contributed by atoms with van der Waals surface area (Å²) in [6.07, 6.45) is 4.07. The Morgan fingerprint density at radius 2 is 1.77 bits per heavy atom. The molecule has 22 heavy (non-hydrogen) atoms. The molecule has 0 N–H and O–H groups in total. The van der Waals surface area contributed by atoms with Gasteiger partial charge >= 0.3 is 0 Å². The standard InChI is InChI=1S/C19H17NOS/c1-14-7-9-15(10-8-14)17-13-22-19(20-17)12-11-16-5-3-4-6-18(16)21-2/h3-13H,1-2H3. The zero-order valence-electron chi connectivity index (χ0n) is 12.6. The Labute approximate surface area is 134 Å². The van der Waals surface area contributed by atoms with E-state index in [0.717, 1.165) is 27.6 Å². The number of thiazole rings is 1. The second kappa shape index (κ2) is 6.58. The molecule has 2 nitrogen and oxygen atoms in total. The van der Waals surface area contributed by atoms with Gasteiger partial charge in [-0.15, -0.1) is 11.3 Å². The monoisotopic (exact) mass is 307 g/mol. The van der Waals surface area contributed by atoms with Crippen molar-refractivity contribution in [3.63, 3.8) is 0 Å². The minimum atomic E-state index is 0.870. The number of rotatable bonds is 4. The maximum atomic E-state index is 5.35. The number of aryl methyl sites for hydroxylation is 1. The highest BCUT2D eigenvalue weighted by molar-refractivity contribution is 7.10. The van der Waals surface area contributed by atoms with Crippen LogP contribution in [0.25, 0.3) is 23.4 Å². The Balaban J connectivity index is 1.82. The van der Waals surface area contributed by atoms with Crippen molar-refractivity contribution in [1.29, 1.82) is 0 Å². The molecule has 110 valence electrons. The highest BCUT2D eigenvalue weighted by atomic mass is 32.1. The Bertz CT molecular complexity index is 787. The van der Waals surface area contributed by atoms with Crippen LogP contribution in [0.4, 0.5) is 0 Å². The van der Waals surface area contributed by atoms with Crippen LogP contribution in [-0.4, -0.2) is 12.1 Å². The fourth-order valence-corrected chi connectivity index (χ4v) is 2.91. The molecule has 0 saturated heterocycles. The second-order valence-corrected chi connectivity index (χ2v) is 5.90. The molecule has 3 rings (SSSR count). The summed E-state index contributed by atoms with van der Waals surface area (Å²) in [7, 11) is 1.69. The molecule has 0 bridgehead atoms. The van der Waals surface area contributed by atoms with Gasteiger partial charge in [0.2, 0.25) is 0 Å². The fourth-order valence-electron chi connectivity index (χ4n) is 2.19. The summed E-state index contributed by atoms with van der Waals surface area (Å²) >= 11 is 1.64. The third-order valence-electron chi connectivity index (χ3n) is 3.41. The highest BCUT2D eigenvalue weighted by Gasteiger charge is 2.03. The van der Waals surface area contributed by atoms with Crippen LogP contribution in [0.2, 0.25) is 0 Å². The predicted octanol–water partition coefficient (Wildman–Crippen LogP) is 5.30. The van der Waals surface area contributed by atoms with Crippen molar-refractivity contribution in [1.82, 2.24) is 4.98 Å². The number of nitrogens with zero attached hydrogens (tertiary/aromatic N) is 1. The molecular formula is C19H17NOS. The Kier molecular flexibility index (Phi) is 4.35. The lowest BCUT2D eigenvalue weighted by molar-refractivity contribution is 0.414. The van der Waals surface area contributed by atoms with E-state index in [4.69, 9.17) is 4.74 Å². The maximum absolute atomic E-state index is 5.35. The molecule has 0 saturated carbocycles. The highest BCUT2D eigenvalue weighted by Crippen LogP contribution is 2.25. The van der Waals surface area contributed by atoms with Crippen LogP contribution >= 0.6 is 11.3 Å². The minimum Gasteiger partial charge on any atom is -0.496 e. The van der Waals surface area contributed by atoms with Crippen molar-refractivity contribution < 1.29 is 4.74 Å². The zero-order chi connectivity index (χ0) is 15.4. The van der Waals surface area contributed by atoms with Crippen LogP contribution in [0.1, 0.15) is 16.1 Å². The van der Waals surface area contributed by atoms with Gasteiger partial charge in [0.05, 0.1) is 12.8 Å². The maximum Gasteiger partial charge on any atom is 0.126 e. The molecule has 2 aromatic carbocycles. The van der Waals surface area contributed by atoms with E-state index in [2.05, 4.69) is 41.6 Å². The molecule has 0 aliphatic heterocycles. The van der Waals surface area contributed by atoms with E-state index in [9.17, 15) is 0 Å². The van der Waals surface area contributed by atoms with E-state index in [-0.39, 0.29) is 0 Å². The Hall–Kier alpha value is -2.39. The number of methoxy groups -OCH3 is 1. The van der Waals surface area contributed by atoms with Gasteiger partial charge in [0.1, 0.15) is 10.8 Å². The van der Waals surface area contributed by atoms with Crippen molar-refractivity contribution in [2.24, 2.45) is 0 Å². The van der Waals surface area contributed by atoms with Crippen LogP contribution in [0.3, 0.4) is 0 Å². The number of aromatic nitrogens is 1. The van der Waals surface area contributed by atoms with Crippen molar-refractivity contribution in [2.75, 3.05) is 7.11 Å². The minimum absolute atomic E-state index is 0.870. The van der Waals surface area contributed by atoms with Crippen molar-refractivity contribution in [3.05, 3.63) is 70.0 Å². The molecule has 0 unspecified atom stereocenters. The first-order valence-electron chi connectivity index (χ1n) is 7.10. The summed E-state index contributed by atoms with van der Waals surface area (Å²) in [6.45, 7) is 2.09. The zero-order valence-corrected chi connectivity index (χ0v) is 13.4. The van der Waals surface area contributed by atoms with Gasteiger partial charge in [0, 0.05) is 16.5 Å². The first kappa shape index (κ1) is 14.5. The van der Waals surface area contributed by atoms with Crippen molar-refractivity contribution in [2.45, 2.75) is 6.92 Å². The van der Waals surface area contributed by atoms with E-state index in [1.165, 1.54) is 5.56 Å². The third-order valence-corrected chi connectivity index (χ3v) is 4.22. The quantitative estimate of drug-likeness (QED) is 0.652. The lowest BCUT2D eigenvalue weighted by Crippen LogP contribution is -1.85. The summed E-state index contributed by atoms with van der Waals surface area (Å²) < 4.78 is 5.35. The number of benzene rings is 2. The molecule has 1 aromatic heterocycles. The first-order valence-corrected chi connectivity index (χ1v) is 7.98. The van der Waals surface area contributed by atoms with Crippen molar-refractivity contribution >= 4 is 23.5 Å². The van der Waals surface area contributed by atoms with E-state index in [1.54, 1.807) is 18.4 Å². The Morgan fingerprint density at radius 1 is 1.00 bits per heavy atom. The first-order chi connectivity index (χ1) is 10.8. The third kappa shape index (κ3) is 3.26. The fraction of sp³-hybridized carbons (Fsp3) is 0.105. The molecule has 0 aliphatic carbocycles. The summed E-state index contributed by atoms with van der Waals surface area (Å²) in [4.78, 5) is 4.67. The largest absolute Gasteiger partial charge is 0.496 e. The molecule has 0 fully saturated rings. The SMILES string of the molecule is COc1ccccc1C=Cc1nc(-c2ccc(C)cc2)cs1. The van der Waals surface area contributed by atoms with E-state index < -0.39 is 0 Å². The predicted molar refractivity (Wildman–Crippen MR) is 94.2 cm³/mol. The molecule has 0 spiro atoms. The van der Waals surface area contributed by atoms with E-state index >= 15 is 0 Å². The lowest BCUT2D eigenvalue weighted by Gasteiger charge is -2.02. The van der Waals surface area contributed by atoms with Gasteiger partial charge < -0.3 is 4.74 Å². The number of hydrogen-bond donors (Lipinski definition) is 0. The number of para-hydroxylation sites is 1. The molecule has 3 heteroatoms. The van der Waals surface area contributed by atoms with Gasteiger partial charge in [-0.2, -0.15) is 0 Å². The number of hydrogen-bond acceptors (Lipinski definition) is 3. The number of ether oxygens (including phenoxy) is 1. The summed E-state index contributed by atoms with van der Waals surface area (Å²) in [5.74, 6) is 0.870. The van der Waals surface area contributed by atoms with Gasteiger partial charge in [0.15, 0.2) is 0 Å². The Morgan fingerprint density at radius 3 is 2.55 bits per heavy atom. The summed E-state index contributed by atoms with van der Waals surface area (Å²) in [6, 6.07) is 16.4. The van der Waals surface area contributed by atoms with Crippen LogP contribution in [0.5, 0.6) is 5.75 Å². The molecule has 0 aliphatic rings. The van der Waals surface area contributed by atoms with Gasteiger partial charge in [-0.05, 0) is 25.1 Å². The van der Waals surface area contributed by atoms with E-state index in [0.29, 0.717) is 0 Å². The van der Waals surface area contributed by atoms with Gasteiger partial charge in [-0.25, -0.2) is 4.98 Å². The van der Waals surface area contributed by atoms with Gasteiger partial charge in [0.25, 0.3) is 0 Å². The van der Waals surface area contributed by atoms with Gasteiger partial charge in [-0.3, -0.25) is 0 Å². The average molecular weight is 307 g/mol. The smallest absolute Gasteiger partial charge is 0.126 e. The molecule has 0 atom stereocenters. The van der Waals surface area contributed by atoms with Gasteiger partial charge in [-0.1, -0.05) is 48.0 Å². The summed E-state index contributed by atoms with van der Waals surface area (Å²) in [5, 5.41) is 3.08. The molecule has 3 aromatic rings. The van der Waals surface area contributed by atoms with E-state index in [1.807, 2.05) is 36.4 Å². The van der Waals surface area contributed by atoms with Crippen LogP contribution in [-0.2, 0) is 0 Å². The lowest BCUT2D eigenvalue weighted by atomic mass is 10.1. The molecule has 0 radical (unpaired) electrons. The average Bonchev–Trinajstić information content (AvgIpc) is 3.03. The second-order valence-electron chi connectivity index (χ2n) is 5.01. The summed E-state index contributed by atoms with van der Waals surface area (Å²) in [5.41, 5.74) is 4.48. The van der Waals surface area contributed by atoms with Crippen LogP contribution < -0.4 is 4.74 Å². The molecular weight excluding hydrogens is 290 g/mol. The van der Waals surface area contributed by atoms with Crippen LogP contribution in [0.15, 0.2) is 53.9 Å². The topological polar surface area (TPSA) is 22.1 Å². The molecule has 0 amide bonds. The molecule has 1 heterocycles.